The standard InChI is InChI=1S/C13H16N2O3/c1-9-5-6-11(16)10(8-9)13-14-12(15-18-13)4-3-7-17-2/h5-6,8,16H,3-4,7H2,1-2H3. The lowest BCUT2D eigenvalue weighted by Gasteiger charge is -2.00. The Balaban J connectivity index is 2.16. The molecule has 5 nitrogen and oxygen atoms in total. The highest BCUT2D eigenvalue weighted by molar-refractivity contribution is 5.62. The minimum Gasteiger partial charge on any atom is -0.507 e. The molecule has 0 saturated carbocycles. The summed E-state index contributed by atoms with van der Waals surface area (Å²) in [5.74, 6) is 1.12. The van der Waals surface area contributed by atoms with E-state index in [1.807, 2.05) is 19.1 Å². The van der Waals surface area contributed by atoms with Crippen LogP contribution in [0.1, 0.15) is 17.8 Å². The van der Waals surface area contributed by atoms with Crippen LogP contribution in [0, 0.1) is 6.92 Å². The zero-order valence-corrected chi connectivity index (χ0v) is 10.5. The van der Waals surface area contributed by atoms with Crippen LogP contribution in [0.2, 0.25) is 0 Å². The summed E-state index contributed by atoms with van der Waals surface area (Å²) in [7, 11) is 1.66. The van der Waals surface area contributed by atoms with E-state index in [1.165, 1.54) is 0 Å². The SMILES string of the molecule is COCCCc1noc(-c2cc(C)ccc2O)n1. The van der Waals surface area contributed by atoms with Crippen LogP contribution in [0.15, 0.2) is 22.7 Å². The van der Waals surface area contributed by atoms with Crippen LogP contribution >= 0.6 is 0 Å². The van der Waals surface area contributed by atoms with E-state index in [4.69, 9.17) is 9.26 Å². The Labute approximate surface area is 105 Å². The molecule has 2 aromatic rings. The Morgan fingerprint density at radius 2 is 2.22 bits per heavy atom. The van der Waals surface area contributed by atoms with Gasteiger partial charge in [-0.3, -0.25) is 0 Å². The molecule has 0 fully saturated rings. The Morgan fingerprint density at radius 3 is 3.00 bits per heavy atom. The lowest BCUT2D eigenvalue weighted by atomic mass is 10.1. The average Bonchev–Trinajstić information content (AvgIpc) is 2.81. The number of hydrogen-bond donors (Lipinski definition) is 1. The Hall–Kier alpha value is -1.88. The van der Waals surface area contributed by atoms with Crippen molar-refractivity contribution in [3.05, 3.63) is 29.6 Å². The van der Waals surface area contributed by atoms with Crippen LogP contribution < -0.4 is 0 Å². The van der Waals surface area contributed by atoms with Gasteiger partial charge in [0, 0.05) is 20.1 Å². The number of aromatic nitrogens is 2. The first-order valence-electron chi connectivity index (χ1n) is 5.82. The minimum atomic E-state index is 0.146. The average molecular weight is 248 g/mol. The van der Waals surface area contributed by atoms with Crippen molar-refractivity contribution < 1.29 is 14.4 Å². The van der Waals surface area contributed by atoms with Gasteiger partial charge in [-0.1, -0.05) is 16.8 Å². The normalized spacial score (nSPS) is 10.8. The van der Waals surface area contributed by atoms with Crippen molar-refractivity contribution in [1.29, 1.82) is 0 Å². The van der Waals surface area contributed by atoms with Gasteiger partial charge in [0.1, 0.15) is 5.75 Å². The molecule has 1 N–H and O–H groups in total. The monoisotopic (exact) mass is 248 g/mol. The Kier molecular flexibility index (Phi) is 3.94. The highest BCUT2D eigenvalue weighted by Crippen LogP contribution is 2.28. The summed E-state index contributed by atoms with van der Waals surface area (Å²) in [5, 5.41) is 13.6. The number of phenols is 1. The topological polar surface area (TPSA) is 68.4 Å². The lowest BCUT2D eigenvalue weighted by molar-refractivity contribution is 0.194. The molecule has 0 aliphatic rings. The van der Waals surface area contributed by atoms with Gasteiger partial charge in [-0.25, -0.2) is 0 Å². The first-order valence-corrected chi connectivity index (χ1v) is 5.82. The minimum absolute atomic E-state index is 0.146. The number of benzene rings is 1. The summed E-state index contributed by atoms with van der Waals surface area (Å²) in [6, 6.07) is 5.27. The number of rotatable bonds is 5. The number of methoxy groups -OCH3 is 1. The van der Waals surface area contributed by atoms with Crippen molar-refractivity contribution in [2.75, 3.05) is 13.7 Å². The molecule has 1 heterocycles. The summed E-state index contributed by atoms with van der Waals surface area (Å²) >= 11 is 0. The predicted octanol–water partition coefficient (Wildman–Crippen LogP) is 2.33. The molecule has 0 amide bonds. The highest BCUT2D eigenvalue weighted by atomic mass is 16.5. The van der Waals surface area contributed by atoms with Gasteiger partial charge in [0.2, 0.25) is 0 Å². The van der Waals surface area contributed by atoms with Crippen molar-refractivity contribution in [2.45, 2.75) is 19.8 Å². The summed E-state index contributed by atoms with van der Waals surface area (Å²) in [4.78, 5) is 4.26. The summed E-state index contributed by atoms with van der Waals surface area (Å²) < 4.78 is 10.1. The fourth-order valence-corrected chi connectivity index (χ4v) is 1.66. The molecule has 0 aliphatic heterocycles. The van der Waals surface area contributed by atoms with Gasteiger partial charge in [-0.15, -0.1) is 0 Å². The fraction of sp³-hybridized carbons (Fsp3) is 0.385. The highest BCUT2D eigenvalue weighted by Gasteiger charge is 2.12. The molecule has 5 heteroatoms. The van der Waals surface area contributed by atoms with E-state index >= 15 is 0 Å². The second kappa shape index (κ2) is 5.64. The summed E-state index contributed by atoms with van der Waals surface area (Å²) in [6.45, 7) is 2.61. The Morgan fingerprint density at radius 1 is 1.39 bits per heavy atom. The van der Waals surface area contributed by atoms with Gasteiger partial charge in [0.15, 0.2) is 5.82 Å². The van der Waals surface area contributed by atoms with Crippen molar-refractivity contribution in [2.24, 2.45) is 0 Å². The molecule has 0 atom stereocenters. The smallest absolute Gasteiger partial charge is 0.261 e. The summed E-state index contributed by atoms with van der Waals surface area (Å²) in [5.41, 5.74) is 1.60. The van der Waals surface area contributed by atoms with Crippen LogP contribution in [0.5, 0.6) is 5.75 Å². The first-order chi connectivity index (χ1) is 8.70. The maximum absolute atomic E-state index is 9.76. The van der Waals surface area contributed by atoms with E-state index in [1.54, 1.807) is 13.2 Å². The van der Waals surface area contributed by atoms with E-state index in [9.17, 15) is 5.11 Å². The van der Waals surface area contributed by atoms with Gasteiger partial charge < -0.3 is 14.4 Å². The van der Waals surface area contributed by atoms with E-state index in [0.29, 0.717) is 30.3 Å². The first kappa shape index (κ1) is 12.6. The van der Waals surface area contributed by atoms with Gasteiger partial charge in [0.05, 0.1) is 5.56 Å². The van der Waals surface area contributed by atoms with Crippen LogP contribution in [-0.4, -0.2) is 29.0 Å². The molecule has 0 spiro atoms. The maximum atomic E-state index is 9.76. The number of aryl methyl sites for hydroxylation is 2. The largest absolute Gasteiger partial charge is 0.507 e. The van der Waals surface area contributed by atoms with Crippen molar-refractivity contribution >= 4 is 0 Å². The van der Waals surface area contributed by atoms with Crippen LogP contribution in [0.3, 0.4) is 0 Å². The molecule has 1 aromatic carbocycles. The molecule has 0 bridgehead atoms. The van der Waals surface area contributed by atoms with Crippen LogP contribution in [-0.2, 0) is 11.2 Å². The molecule has 0 unspecified atom stereocenters. The van der Waals surface area contributed by atoms with E-state index in [2.05, 4.69) is 10.1 Å². The maximum Gasteiger partial charge on any atom is 0.261 e. The van der Waals surface area contributed by atoms with Crippen molar-refractivity contribution in [3.8, 4) is 17.2 Å². The van der Waals surface area contributed by atoms with E-state index in [0.717, 1.165) is 12.0 Å². The number of ether oxygens (including phenoxy) is 1. The molecule has 96 valence electrons. The molecule has 0 radical (unpaired) electrons. The third-order valence-corrected chi connectivity index (χ3v) is 2.60. The molecule has 0 saturated heterocycles. The second-order valence-electron chi connectivity index (χ2n) is 4.13. The van der Waals surface area contributed by atoms with Gasteiger partial charge in [-0.05, 0) is 25.5 Å². The van der Waals surface area contributed by atoms with Gasteiger partial charge >= 0.3 is 0 Å². The number of aromatic hydroxyl groups is 1. The quantitative estimate of drug-likeness (QED) is 0.822. The number of nitrogens with zero attached hydrogens (tertiary/aromatic N) is 2. The van der Waals surface area contributed by atoms with Gasteiger partial charge in [0.25, 0.3) is 5.89 Å². The predicted molar refractivity (Wildman–Crippen MR) is 66.3 cm³/mol. The molecule has 18 heavy (non-hydrogen) atoms. The number of phenolic OH excluding ortho intramolecular Hbond substituents is 1. The zero-order chi connectivity index (χ0) is 13.0. The molecular formula is C13H16N2O3. The van der Waals surface area contributed by atoms with E-state index < -0.39 is 0 Å². The zero-order valence-electron chi connectivity index (χ0n) is 10.5. The fourth-order valence-electron chi connectivity index (χ4n) is 1.66. The van der Waals surface area contributed by atoms with Crippen molar-refractivity contribution in [1.82, 2.24) is 10.1 Å². The third kappa shape index (κ3) is 2.87. The van der Waals surface area contributed by atoms with E-state index in [-0.39, 0.29) is 5.75 Å². The Bertz CT molecular complexity index is 523. The summed E-state index contributed by atoms with van der Waals surface area (Å²) in [6.07, 6.45) is 1.54. The molecule has 0 aliphatic carbocycles. The van der Waals surface area contributed by atoms with Crippen LogP contribution in [0.4, 0.5) is 0 Å². The molecular weight excluding hydrogens is 232 g/mol. The molecule has 2 rings (SSSR count). The molecule has 1 aromatic heterocycles. The number of hydrogen-bond acceptors (Lipinski definition) is 5. The third-order valence-electron chi connectivity index (χ3n) is 2.60. The van der Waals surface area contributed by atoms with Crippen molar-refractivity contribution in [3.63, 3.8) is 0 Å². The lowest BCUT2D eigenvalue weighted by Crippen LogP contribution is -1.94. The second-order valence-corrected chi connectivity index (χ2v) is 4.13. The van der Waals surface area contributed by atoms with Crippen LogP contribution in [0.25, 0.3) is 11.5 Å². The van der Waals surface area contributed by atoms with Gasteiger partial charge in [-0.2, -0.15) is 4.98 Å².